The van der Waals surface area contributed by atoms with Gasteiger partial charge >= 0.3 is 10.3 Å². The van der Waals surface area contributed by atoms with Crippen molar-refractivity contribution in [1.82, 2.24) is 0 Å². The highest BCUT2D eigenvalue weighted by atomic mass is 32.2. The molecule has 0 fully saturated rings. The Morgan fingerprint density at radius 3 is 1.58 bits per heavy atom. The lowest BCUT2D eigenvalue weighted by Gasteiger charge is -2.09. The Morgan fingerprint density at radius 2 is 1.58 bits per heavy atom. The first-order valence-electron chi connectivity index (χ1n) is 3.45. The number of rotatable bonds is 0. The molecule has 0 spiro atoms. The second kappa shape index (κ2) is 5.29. The molecular formula is C7H17NO3S. The van der Waals surface area contributed by atoms with Gasteiger partial charge in [0.15, 0.2) is 0 Å². The fourth-order valence-electron chi connectivity index (χ4n) is 0.500. The maximum Gasteiger partial charge on any atom is 0.330 e. The first-order chi connectivity index (χ1) is 5.06. The number of nitrogens with two attached hydrogens (primary N) is 1. The quantitative estimate of drug-likeness (QED) is 0.452. The molecule has 0 aromatic carbocycles. The zero-order valence-electron chi connectivity index (χ0n) is 7.90. The largest absolute Gasteiger partial charge is 0.330 e. The van der Waals surface area contributed by atoms with Crippen LogP contribution in [0.25, 0.3) is 0 Å². The summed E-state index contributed by atoms with van der Waals surface area (Å²) >= 11 is 0. The van der Waals surface area contributed by atoms with Crippen LogP contribution in [0.1, 0.15) is 27.7 Å². The van der Waals surface area contributed by atoms with Crippen LogP contribution in [0.4, 0.5) is 0 Å². The van der Waals surface area contributed by atoms with E-state index in [1.54, 1.807) is 0 Å². The maximum absolute atomic E-state index is 8.97. The van der Waals surface area contributed by atoms with Crippen LogP contribution in [0.2, 0.25) is 0 Å². The second-order valence-corrected chi connectivity index (χ2v) is 4.41. The first-order valence-corrected chi connectivity index (χ1v) is 4.95. The van der Waals surface area contributed by atoms with E-state index in [4.69, 9.17) is 13.0 Å². The van der Waals surface area contributed by atoms with Crippen LogP contribution >= 0.6 is 0 Å². The second-order valence-electron chi connectivity index (χ2n) is 3.38. The van der Waals surface area contributed by atoms with Crippen molar-refractivity contribution in [3.05, 3.63) is 12.2 Å². The predicted octanol–water partition coefficient (Wildman–Crippen LogP) is 1.36. The van der Waals surface area contributed by atoms with Crippen molar-refractivity contribution in [1.29, 1.82) is 0 Å². The number of allylic oxidation sites excluding steroid dienone is 2. The normalized spacial score (nSPS) is 12.5. The zero-order chi connectivity index (χ0) is 10.4. The molecule has 0 saturated carbocycles. The average molecular weight is 195 g/mol. The molecule has 0 saturated heterocycles. The molecule has 0 heterocycles. The van der Waals surface area contributed by atoms with Gasteiger partial charge in [-0.05, 0) is 12.3 Å². The smallest absolute Gasteiger partial charge is 0.274 e. The molecule has 0 rings (SSSR count). The number of hydrogen-bond donors (Lipinski definition) is 2. The van der Waals surface area contributed by atoms with E-state index < -0.39 is 10.3 Å². The van der Waals surface area contributed by atoms with Crippen LogP contribution in [-0.4, -0.2) is 13.0 Å². The molecule has 0 bridgehead atoms. The van der Waals surface area contributed by atoms with Crippen molar-refractivity contribution >= 4 is 10.3 Å². The average Bonchev–Trinajstić information content (AvgIpc) is 1.54. The van der Waals surface area contributed by atoms with Gasteiger partial charge in [0.1, 0.15) is 0 Å². The molecule has 0 aliphatic carbocycles. The molecule has 0 radical (unpaired) electrons. The van der Waals surface area contributed by atoms with Gasteiger partial charge in [0.05, 0.1) is 0 Å². The van der Waals surface area contributed by atoms with Gasteiger partial charge in [-0.1, -0.05) is 32.9 Å². The standard InChI is InChI=1S/C7H14.H3NO3S/c1-5-6-7(2,3)4;1-5(2,3)4/h5-6H,1-4H3;(H3,1,2,3,4). The summed E-state index contributed by atoms with van der Waals surface area (Å²) in [6.07, 6.45) is 4.27. The van der Waals surface area contributed by atoms with Crippen LogP contribution in [0.15, 0.2) is 12.2 Å². The van der Waals surface area contributed by atoms with E-state index in [-0.39, 0.29) is 0 Å². The Hall–Kier alpha value is -0.390. The monoisotopic (exact) mass is 195 g/mol. The molecule has 3 N–H and O–H groups in total. The summed E-state index contributed by atoms with van der Waals surface area (Å²) < 4.78 is 25.2. The zero-order valence-corrected chi connectivity index (χ0v) is 8.72. The van der Waals surface area contributed by atoms with E-state index in [0.29, 0.717) is 5.41 Å². The third-order valence-electron chi connectivity index (χ3n) is 0.667. The molecule has 74 valence electrons. The van der Waals surface area contributed by atoms with E-state index in [9.17, 15) is 0 Å². The van der Waals surface area contributed by atoms with E-state index in [1.807, 2.05) is 6.92 Å². The van der Waals surface area contributed by atoms with Crippen molar-refractivity contribution in [3.8, 4) is 0 Å². The van der Waals surface area contributed by atoms with Crippen molar-refractivity contribution in [2.75, 3.05) is 0 Å². The van der Waals surface area contributed by atoms with E-state index in [2.05, 4.69) is 38.1 Å². The Kier molecular flexibility index (Phi) is 6.24. The Bertz CT molecular complexity index is 216. The highest BCUT2D eigenvalue weighted by Crippen LogP contribution is 2.13. The van der Waals surface area contributed by atoms with Crippen molar-refractivity contribution in [3.63, 3.8) is 0 Å². The van der Waals surface area contributed by atoms with Gasteiger partial charge in [-0.3, -0.25) is 4.55 Å². The molecular weight excluding hydrogens is 178 g/mol. The summed E-state index contributed by atoms with van der Waals surface area (Å²) in [6, 6.07) is 0. The minimum Gasteiger partial charge on any atom is -0.274 e. The van der Waals surface area contributed by atoms with Crippen LogP contribution in [0.3, 0.4) is 0 Å². The fraction of sp³-hybridized carbons (Fsp3) is 0.714. The topological polar surface area (TPSA) is 80.4 Å². The summed E-state index contributed by atoms with van der Waals surface area (Å²) in [7, 11) is -4.17. The Balaban J connectivity index is 0. The van der Waals surface area contributed by atoms with Crippen molar-refractivity contribution < 1.29 is 13.0 Å². The highest BCUT2D eigenvalue weighted by molar-refractivity contribution is 7.83. The fourth-order valence-corrected chi connectivity index (χ4v) is 0.500. The minimum absolute atomic E-state index is 0.370. The molecule has 0 aliphatic rings. The molecule has 4 nitrogen and oxygen atoms in total. The van der Waals surface area contributed by atoms with Gasteiger partial charge in [0.2, 0.25) is 0 Å². The van der Waals surface area contributed by atoms with Gasteiger partial charge in [-0.15, -0.1) is 0 Å². The molecule has 0 aromatic rings. The van der Waals surface area contributed by atoms with Crippen LogP contribution < -0.4 is 5.14 Å². The predicted molar refractivity (Wildman–Crippen MR) is 50.0 cm³/mol. The number of hydrogen-bond acceptors (Lipinski definition) is 2. The molecule has 0 aliphatic heterocycles. The molecule has 0 aromatic heterocycles. The summed E-state index contributed by atoms with van der Waals surface area (Å²) in [6.45, 7) is 8.61. The lowest BCUT2D eigenvalue weighted by Crippen LogP contribution is -2.08. The lowest BCUT2D eigenvalue weighted by atomic mass is 9.97. The van der Waals surface area contributed by atoms with Crippen LogP contribution in [0.5, 0.6) is 0 Å². The summed E-state index contributed by atoms with van der Waals surface area (Å²) in [5, 5.41) is 3.88. The summed E-state index contributed by atoms with van der Waals surface area (Å²) in [5.74, 6) is 0. The maximum atomic E-state index is 8.97. The van der Waals surface area contributed by atoms with Gasteiger partial charge in [0.25, 0.3) is 0 Å². The van der Waals surface area contributed by atoms with Crippen LogP contribution in [-0.2, 0) is 10.3 Å². The minimum atomic E-state index is -4.17. The lowest BCUT2D eigenvalue weighted by molar-refractivity contribution is 0.485. The van der Waals surface area contributed by atoms with E-state index >= 15 is 0 Å². The molecule has 12 heavy (non-hydrogen) atoms. The van der Waals surface area contributed by atoms with Crippen molar-refractivity contribution in [2.45, 2.75) is 27.7 Å². The van der Waals surface area contributed by atoms with E-state index in [0.717, 1.165) is 0 Å². The van der Waals surface area contributed by atoms with Gasteiger partial charge < -0.3 is 0 Å². The Labute approximate surface area is 74.3 Å². The summed E-state index contributed by atoms with van der Waals surface area (Å²) in [5.41, 5.74) is 0.370. The van der Waals surface area contributed by atoms with Gasteiger partial charge in [-0.25, -0.2) is 5.14 Å². The molecule has 5 heteroatoms. The third kappa shape index (κ3) is 54.7. The summed E-state index contributed by atoms with van der Waals surface area (Å²) in [4.78, 5) is 0. The molecule has 0 amide bonds. The van der Waals surface area contributed by atoms with E-state index in [1.165, 1.54) is 0 Å². The van der Waals surface area contributed by atoms with Gasteiger partial charge in [0, 0.05) is 0 Å². The third-order valence-corrected chi connectivity index (χ3v) is 0.667. The first kappa shape index (κ1) is 14.2. The Morgan fingerprint density at radius 1 is 1.33 bits per heavy atom. The van der Waals surface area contributed by atoms with Crippen molar-refractivity contribution in [2.24, 2.45) is 10.6 Å². The van der Waals surface area contributed by atoms with Crippen LogP contribution in [0, 0.1) is 5.41 Å². The molecule has 0 atom stereocenters. The van der Waals surface area contributed by atoms with Gasteiger partial charge in [-0.2, -0.15) is 8.42 Å². The molecule has 0 unspecified atom stereocenters. The SMILES string of the molecule is CC=CC(C)(C)C.NS(=O)(=O)O. The highest BCUT2D eigenvalue weighted by Gasteiger charge is 2.00.